The fourth-order valence-electron chi connectivity index (χ4n) is 2.09. The van der Waals surface area contributed by atoms with Crippen molar-refractivity contribution in [2.24, 2.45) is 0 Å². The van der Waals surface area contributed by atoms with Crippen LogP contribution in [0.15, 0.2) is 18.2 Å². The first-order valence-corrected chi connectivity index (χ1v) is 6.66. The Labute approximate surface area is 124 Å². The van der Waals surface area contributed by atoms with Gasteiger partial charge in [0.25, 0.3) is 5.91 Å². The molecule has 2 N–H and O–H groups in total. The van der Waals surface area contributed by atoms with Gasteiger partial charge in [-0.1, -0.05) is 13.3 Å². The zero-order valence-corrected chi connectivity index (χ0v) is 12.7. The van der Waals surface area contributed by atoms with Crippen LogP contribution in [-0.2, 0) is 9.53 Å². The lowest BCUT2D eigenvalue weighted by atomic mass is 9.95. The van der Waals surface area contributed by atoms with Crippen LogP contribution in [0.2, 0.25) is 0 Å². The average molecular weight is 295 g/mol. The summed E-state index contributed by atoms with van der Waals surface area (Å²) < 4.78 is 9.69. The van der Waals surface area contributed by atoms with E-state index in [0.717, 1.165) is 0 Å². The smallest absolute Gasteiger partial charge is 0.331 e. The largest absolute Gasteiger partial charge is 0.507 e. The van der Waals surface area contributed by atoms with E-state index in [2.05, 4.69) is 5.32 Å². The Morgan fingerprint density at radius 2 is 2.00 bits per heavy atom. The Hall–Kier alpha value is -2.24. The van der Waals surface area contributed by atoms with Gasteiger partial charge in [0.1, 0.15) is 17.0 Å². The summed E-state index contributed by atoms with van der Waals surface area (Å²) in [5, 5.41) is 12.5. The number of carbonyl (C=O) groups is 2. The lowest BCUT2D eigenvalue weighted by Gasteiger charge is -2.27. The van der Waals surface area contributed by atoms with E-state index in [0.29, 0.717) is 18.6 Å². The summed E-state index contributed by atoms with van der Waals surface area (Å²) in [6.45, 7) is 3.50. The molecule has 1 aromatic rings. The van der Waals surface area contributed by atoms with Crippen molar-refractivity contribution in [3.63, 3.8) is 0 Å². The van der Waals surface area contributed by atoms with Crippen molar-refractivity contribution in [2.75, 3.05) is 14.2 Å². The van der Waals surface area contributed by atoms with Crippen LogP contribution in [0.3, 0.4) is 0 Å². The molecule has 0 heterocycles. The van der Waals surface area contributed by atoms with Crippen molar-refractivity contribution in [2.45, 2.75) is 32.2 Å². The molecule has 1 amide bonds. The van der Waals surface area contributed by atoms with Gasteiger partial charge in [-0.3, -0.25) is 4.79 Å². The highest BCUT2D eigenvalue weighted by Gasteiger charge is 2.35. The minimum absolute atomic E-state index is 0.0713. The summed E-state index contributed by atoms with van der Waals surface area (Å²) in [7, 11) is 2.73. The van der Waals surface area contributed by atoms with Crippen LogP contribution in [-0.4, -0.2) is 36.7 Å². The van der Waals surface area contributed by atoms with Gasteiger partial charge in [0.2, 0.25) is 0 Å². The number of phenols is 1. The quantitative estimate of drug-likeness (QED) is 0.782. The number of benzene rings is 1. The van der Waals surface area contributed by atoms with Gasteiger partial charge in [-0.25, -0.2) is 4.79 Å². The van der Waals surface area contributed by atoms with Crippen LogP contribution in [0.5, 0.6) is 11.5 Å². The van der Waals surface area contributed by atoms with Crippen molar-refractivity contribution >= 4 is 11.9 Å². The van der Waals surface area contributed by atoms with Crippen molar-refractivity contribution in [1.82, 2.24) is 5.32 Å². The number of hydrogen-bond donors (Lipinski definition) is 2. The monoisotopic (exact) mass is 295 g/mol. The lowest BCUT2D eigenvalue weighted by Crippen LogP contribution is -2.52. The van der Waals surface area contributed by atoms with Crippen LogP contribution in [0.1, 0.15) is 37.0 Å². The number of rotatable bonds is 6. The standard InChI is InChI=1S/C15H21NO5/c1-5-8-15(2,14(19)21-4)16-13(18)11-7-6-10(20-3)9-12(11)17/h6-7,9,17H,5,8H2,1-4H3,(H,16,18). The molecule has 0 fully saturated rings. The van der Waals surface area contributed by atoms with Gasteiger partial charge in [0, 0.05) is 6.07 Å². The summed E-state index contributed by atoms with van der Waals surface area (Å²) in [6, 6.07) is 4.33. The molecule has 0 aromatic heterocycles. The summed E-state index contributed by atoms with van der Waals surface area (Å²) in [5.41, 5.74) is -1.06. The molecule has 1 rings (SSSR count). The molecule has 6 nitrogen and oxygen atoms in total. The van der Waals surface area contributed by atoms with E-state index in [-0.39, 0.29) is 11.3 Å². The van der Waals surface area contributed by atoms with E-state index in [9.17, 15) is 14.7 Å². The van der Waals surface area contributed by atoms with E-state index in [1.807, 2.05) is 6.92 Å². The molecule has 0 saturated carbocycles. The first kappa shape index (κ1) is 16.8. The first-order valence-electron chi connectivity index (χ1n) is 6.66. The second kappa shape index (κ2) is 6.97. The molecule has 6 heteroatoms. The summed E-state index contributed by atoms with van der Waals surface area (Å²) in [6.07, 6.45) is 1.13. The van der Waals surface area contributed by atoms with E-state index in [1.54, 1.807) is 13.0 Å². The first-order chi connectivity index (χ1) is 9.87. The number of aromatic hydroxyl groups is 1. The molecule has 0 radical (unpaired) electrons. The third kappa shape index (κ3) is 3.87. The number of amides is 1. The predicted molar refractivity (Wildman–Crippen MR) is 77.5 cm³/mol. The molecule has 21 heavy (non-hydrogen) atoms. The maximum atomic E-state index is 12.3. The van der Waals surface area contributed by atoms with Crippen LogP contribution in [0.4, 0.5) is 0 Å². The van der Waals surface area contributed by atoms with Gasteiger partial charge in [-0.05, 0) is 25.5 Å². The van der Waals surface area contributed by atoms with Crippen LogP contribution < -0.4 is 10.1 Å². The van der Waals surface area contributed by atoms with Gasteiger partial charge in [-0.15, -0.1) is 0 Å². The Kier molecular flexibility index (Phi) is 5.58. The minimum atomic E-state index is -1.13. The van der Waals surface area contributed by atoms with E-state index < -0.39 is 17.4 Å². The van der Waals surface area contributed by atoms with Crippen molar-refractivity contribution < 1.29 is 24.2 Å². The van der Waals surface area contributed by atoms with E-state index in [4.69, 9.17) is 9.47 Å². The number of esters is 1. The third-order valence-electron chi connectivity index (χ3n) is 3.22. The van der Waals surface area contributed by atoms with Gasteiger partial charge in [0.05, 0.1) is 19.8 Å². The number of hydrogen-bond acceptors (Lipinski definition) is 5. The Morgan fingerprint density at radius 3 is 2.48 bits per heavy atom. The van der Waals surface area contributed by atoms with Crippen LogP contribution >= 0.6 is 0 Å². The van der Waals surface area contributed by atoms with Gasteiger partial charge >= 0.3 is 5.97 Å². The number of methoxy groups -OCH3 is 2. The normalized spacial score (nSPS) is 13.1. The Bertz CT molecular complexity index is 529. The molecule has 1 aromatic carbocycles. The fraction of sp³-hybridized carbons (Fsp3) is 0.467. The molecule has 0 aliphatic rings. The van der Waals surface area contributed by atoms with E-state index >= 15 is 0 Å². The van der Waals surface area contributed by atoms with Crippen molar-refractivity contribution in [3.8, 4) is 11.5 Å². The zero-order valence-electron chi connectivity index (χ0n) is 12.7. The highest BCUT2D eigenvalue weighted by molar-refractivity contribution is 6.00. The zero-order chi connectivity index (χ0) is 16.0. The lowest BCUT2D eigenvalue weighted by molar-refractivity contribution is -0.147. The highest BCUT2D eigenvalue weighted by Crippen LogP contribution is 2.24. The van der Waals surface area contributed by atoms with Gasteiger partial charge in [-0.2, -0.15) is 0 Å². The molecule has 1 unspecified atom stereocenters. The number of ether oxygens (including phenoxy) is 2. The molecule has 0 aliphatic carbocycles. The fourth-order valence-corrected chi connectivity index (χ4v) is 2.09. The second-order valence-corrected chi connectivity index (χ2v) is 4.91. The summed E-state index contributed by atoms with van der Waals surface area (Å²) in [4.78, 5) is 24.1. The van der Waals surface area contributed by atoms with Crippen LogP contribution in [0.25, 0.3) is 0 Å². The summed E-state index contributed by atoms with van der Waals surface area (Å²) in [5.74, 6) is -0.842. The molecule has 0 spiro atoms. The molecular formula is C15H21NO5. The van der Waals surface area contributed by atoms with E-state index in [1.165, 1.54) is 26.4 Å². The number of nitrogens with one attached hydrogen (secondary N) is 1. The molecular weight excluding hydrogens is 274 g/mol. The number of phenolic OH excluding ortho intramolecular Hbond substituents is 1. The van der Waals surface area contributed by atoms with Gasteiger partial charge in [0.15, 0.2) is 0 Å². The topological polar surface area (TPSA) is 84.9 Å². The highest BCUT2D eigenvalue weighted by atomic mass is 16.5. The van der Waals surface area contributed by atoms with Crippen molar-refractivity contribution in [3.05, 3.63) is 23.8 Å². The average Bonchev–Trinajstić information content (AvgIpc) is 2.45. The Morgan fingerprint density at radius 1 is 1.33 bits per heavy atom. The maximum Gasteiger partial charge on any atom is 0.331 e. The van der Waals surface area contributed by atoms with Crippen LogP contribution in [0, 0.1) is 0 Å². The molecule has 1 atom stereocenters. The number of carbonyl (C=O) groups excluding carboxylic acids is 2. The Balaban J connectivity index is 3.00. The second-order valence-electron chi connectivity index (χ2n) is 4.91. The molecule has 116 valence electrons. The molecule has 0 aliphatic heterocycles. The predicted octanol–water partition coefficient (Wildman–Crippen LogP) is 1.86. The van der Waals surface area contributed by atoms with Gasteiger partial charge < -0.3 is 19.9 Å². The molecule has 0 saturated heterocycles. The summed E-state index contributed by atoms with van der Waals surface area (Å²) >= 11 is 0. The minimum Gasteiger partial charge on any atom is -0.507 e. The molecule has 0 bridgehead atoms. The maximum absolute atomic E-state index is 12.3. The third-order valence-corrected chi connectivity index (χ3v) is 3.22. The SMILES string of the molecule is CCCC(C)(NC(=O)c1ccc(OC)cc1O)C(=O)OC. The van der Waals surface area contributed by atoms with Crippen molar-refractivity contribution in [1.29, 1.82) is 0 Å².